The van der Waals surface area contributed by atoms with Crippen LogP contribution in [-0.4, -0.2) is 40.8 Å². The van der Waals surface area contributed by atoms with Gasteiger partial charge in [-0.25, -0.2) is 0 Å². The third-order valence-corrected chi connectivity index (χ3v) is 4.28. The maximum absolute atomic E-state index is 12.0. The minimum atomic E-state index is -4.35. The first-order valence-corrected chi connectivity index (χ1v) is 8.35. The van der Waals surface area contributed by atoms with Gasteiger partial charge in [0.05, 0.1) is 19.6 Å². The maximum atomic E-state index is 12.0. The van der Waals surface area contributed by atoms with Crippen molar-refractivity contribution in [2.75, 3.05) is 13.2 Å². The largest absolute Gasteiger partial charge is 0.481 e. The fraction of sp³-hybridized carbons (Fsp3) is 0.833. The highest BCUT2D eigenvalue weighted by atomic mass is 31.2. The summed E-state index contributed by atoms with van der Waals surface area (Å²) < 4.78 is 21.6. The summed E-state index contributed by atoms with van der Waals surface area (Å²) in [6.07, 6.45) is 1.92. The van der Waals surface area contributed by atoms with Gasteiger partial charge < -0.3 is 19.3 Å². The second-order valence-corrected chi connectivity index (χ2v) is 6.40. The molecule has 0 aromatic carbocycles. The second-order valence-electron chi connectivity index (χ2n) is 4.39. The van der Waals surface area contributed by atoms with Gasteiger partial charge in [0.1, 0.15) is 0 Å². The first-order chi connectivity index (χ1) is 9.35. The Bertz CT molecular complexity index is 356. The Kier molecular flexibility index (Phi) is 9.46. The fourth-order valence-corrected chi connectivity index (χ4v) is 2.64. The third-order valence-electron chi connectivity index (χ3n) is 2.55. The number of carboxylic acids is 1. The summed E-state index contributed by atoms with van der Waals surface area (Å²) in [5.41, 5.74) is -1.67. The van der Waals surface area contributed by atoms with Gasteiger partial charge in [-0.15, -0.1) is 0 Å². The SMILES string of the molecule is CCCCOC(=O)C(CC(=O)O)P(=O)(O)OCCCC. The number of carbonyl (C=O) groups excluding carboxylic acids is 1. The molecule has 0 saturated carbocycles. The average molecular weight is 310 g/mol. The molecule has 0 fully saturated rings. The van der Waals surface area contributed by atoms with Crippen LogP contribution in [0, 0.1) is 0 Å². The van der Waals surface area contributed by atoms with E-state index in [0.717, 1.165) is 12.8 Å². The van der Waals surface area contributed by atoms with Crippen molar-refractivity contribution in [3.63, 3.8) is 0 Å². The number of aliphatic carboxylic acids is 1. The second kappa shape index (κ2) is 9.91. The van der Waals surface area contributed by atoms with Gasteiger partial charge in [0.25, 0.3) is 0 Å². The molecule has 2 atom stereocenters. The minimum absolute atomic E-state index is 0.00262. The standard InChI is InChI=1S/C12H23O7P/c1-3-5-7-18-12(15)10(9-11(13)14)20(16,17)19-8-6-4-2/h10H,3-9H2,1-2H3,(H,13,14)(H,16,17). The van der Waals surface area contributed by atoms with Gasteiger partial charge >= 0.3 is 19.5 Å². The topological polar surface area (TPSA) is 110 Å². The lowest BCUT2D eigenvalue weighted by molar-refractivity contribution is -0.147. The highest BCUT2D eigenvalue weighted by molar-refractivity contribution is 7.54. The van der Waals surface area contributed by atoms with Crippen LogP contribution >= 0.6 is 7.60 Å². The Balaban J connectivity index is 4.71. The lowest BCUT2D eigenvalue weighted by atomic mass is 10.3. The monoisotopic (exact) mass is 310 g/mol. The molecule has 0 aromatic heterocycles. The first-order valence-electron chi connectivity index (χ1n) is 6.70. The van der Waals surface area contributed by atoms with Crippen molar-refractivity contribution in [3.05, 3.63) is 0 Å². The van der Waals surface area contributed by atoms with E-state index in [9.17, 15) is 19.0 Å². The van der Waals surface area contributed by atoms with Crippen LogP contribution in [0.2, 0.25) is 0 Å². The third kappa shape index (κ3) is 7.62. The van der Waals surface area contributed by atoms with Crippen molar-refractivity contribution in [2.24, 2.45) is 0 Å². The predicted molar refractivity (Wildman–Crippen MR) is 72.6 cm³/mol. The molecule has 0 radical (unpaired) electrons. The van der Waals surface area contributed by atoms with Gasteiger partial charge in [0.15, 0.2) is 5.66 Å². The number of hydrogen-bond donors (Lipinski definition) is 2. The zero-order valence-electron chi connectivity index (χ0n) is 11.9. The van der Waals surface area contributed by atoms with E-state index >= 15 is 0 Å². The van der Waals surface area contributed by atoms with Crippen molar-refractivity contribution in [3.8, 4) is 0 Å². The van der Waals surface area contributed by atoms with Crippen molar-refractivity contribution in [1.82, 2.24) is 0 Å². The first kappa shape index (κ1) is 19.1. The Hall–Kier alpha value is -0.910. The predicted octanol–water partition coefficient (Wildman–Crippen LogP) is 2.18. The zero-order valence-corrected chi connectivity index (χ0v) is 12.8. The molecule has 0 aromatic rings. The van der Waals surface area contributed by atoms with Gasteiger partial charge in [0.2, 0.25) is 0 Å². The molecular formula is C12H23O7P. The van der Waals surface area contributed by atoms with E-state index in [-0.39, 0.29) is 13.2 Å². The average Bonchev–Trinajstić information content (AvgIpc) is 2.36. The molecule has 7 nitrogen and oxygen atoms in total. The van der Waals surface area contributed by atoms with Crippen molar-refractivity contribution >= 4 is 19.5 Å². The molecular weight excluding hydrogens is 287 g/mol. The van der Waals surface area contributed by atoms with Crippen LogP contribution in [0.25, 0.3) is 0 Å². The number of carbonyl (C=O) groups is 2. The molecule has 0 rings (SSSR count). The summed E-state index contributed by atoms with van der Waals surface area (Å²) >= 11 is 0. The molecule has 0 heterocycles. The van der Waals surface area contributed by atoms with Crippen LogP contribution < -0.4 is 0 Å². The molecule has 0 aliphatic carbocycles. The fourth-order valence-electron chi connectivity index (χ4n) is 1.34. The van der Waals surface area contributed by atoms with E-state index < -0.39 is 31.6 Å². The van der Waals surface area contributed by atoms with Crippen LogP contribution in [0.15, 0.2) is 0 Å². The lowest BCUT2D eigenvalue weighted by Crippen LogP contribution is -2.28. The Morgan fingerprint density at radius 2 is 1.70 bits per heavy atom. The number of rotatable bonds is 11. The van der Waals surface area contributed by atoms with Crippen LogP contribution in [0.1, 0.15) is 46.0 Å². The summed E-state index contributed by atoms with van der Waals surface area (Å²) in [7, 11) is -4.35. The van der Waals surface area contributed by atoms with E-state index in [4.69, 9.17) is 14.4 Å². The number of carboxylic acid groups (broad SMARTS) is 1. The molecule has 118 valence electrons. The van der Waals surface area contributed by atoms with Crippen LogP contribution in [-0.2, 0) is 23.4 Å². The van der Waals surface area contributed by atoms with Crippen molar-refractivity contribution < 1.29 is 33.4 Å². The number of unbranched alkanes of at least 4 members (excludes halogenated alkanes) is 2. The lowest BCUT2D eigenvalue weighted by Gasteiger charge is -2.20. The minimum Gasteiger partial charge on any atom is -0.481 e. The van der Waals surface area contributed by atoms with Gasteiger partial charge in [0, 0.05) is 0 Å². The van der Waals surface area contributed by atoms with E-state index in [1.807, 2.05) is 13.8 Å². The molecule has 0 amide bonds. The molecule has 2 unspecified atom stereocenters. The summed E-state index contributed by atoms with van der Waals surface area (Å²) in [6, 6.07) is 0. The van der Waals surface area contributed by atoms with Gasteiger partial charge in [-0.3, -0.25) is 14.2 Å². The number of esters is 1. The van der Waals surface area contributed by atoms with E-state index in [0.29, 0.717) is 12.8 Å². The quantitative estimate of drug-likeness (QED) is 0.342. The van der Waals surface area contributed by atoms with Crippen molar-refractivity contribution in [2.45, 2.75) is 51.6 Å². The number of hydrogen-bond acceptors (Lipinski definition) is 5. The summed E-state index contributed by atoms with van der Waals surface area (Å²) in [5.74, 6) is -2.35. The van der Waals surface area contributed by atoms with Gasteiger partial charge in [-0.2, -0.15) is 0 Å². The van der Waals surface area contributed by atoms with E-state index in [1.54, 1.807) is 0 Å². The van der Waals surface area contributed by atoms with E-state index in [2.05, 4.69) is 0 Å². The molecule has 2 N–H and O–H groups in total. The maximum Gasteiger partial charge on any atom is 0.342 e. The molecule has 20 heavy (non-hydrogen) atoms. The highest BCUT2D eigenvalue weighted by Crippen LogP contribution is 2.49. The summed E-state index contributed by atoms with van der Waals surface area (Å²) in [6.45, 7) is 3.87. The Morgan fingerprint density at radius 3 is 2.20 bits per heavy atom. The number of ether oxygens (including phenoxy) is 1. The Morgan fingerprint density at radius 1 is 1.15 bits per heavy atom. The van der Waals surface area contributed by atoms with Crippen molar-refractivity contribution in [1.29, 1.82) is 0 Å². The van der Waals surface area contributed by atoms with Crippen LogP contribution in [0.3, 0.4) is 0 Å². The normalized spacial score (nSPS) is 15.3. The van der Waals surface area contributed by atoms with Crippen LogP contribution in [0.4, 0.5) is 0 Å². The van der Waals surface area contributed by atoms with Gasteiger partial charge in [-0.05, 0) is 12.8 Å². The molecule has 0 aliphatic rings. The van der Waals surface area contributed by atoms with Gasteiger partial charge in [-0.1, -0.05) is 26.7 Å². The van der Waals surface area contributed by atoms with Crippen LogP contribution in [0.5, 0.6) is 0 Å². The summed E-state index contributed by atoms with van der Waals surface area (Å²) in [4.78, 5) is 32.2. The Labute approximate surface area is 118 Å². The molecule has 0 bridgehead atoms. The smallest absolute Gasteiger partial charge is 0.342 e. The molecule has 0 spiro atoms. The molecule has 8 heteroatoms. The molecule has 0 saturated heterocycles. The highest BCUT2D eigenvalue weighted by Gasteiger charge is 2.41. The summed E-state index contributed by atoms with van der Waals surface area (Å²) in [5, 5.41) is 8.74. The molecule has 0 aliphatic heterocycles. The van der Waals surface area contributed by atoms with E-state index in [1.165, 1.54) is 0 Å². The zero-order chi connectivity index (χ0) is 15.6.